The lowest BCUT2D eigenvalue weighted by molar-refractivity contribution is 0.157. The summed E-state index contributed by atoms with van der Waals surface area (Å²) in [4.78, 5) is 14.0. The first-order valence-electron chi connectivity index (χ1n) is 11.7. The molecule has 5 rings (SSSR count). The predicted molar refractivity (Wildman–Crippen MR) is 135 cm³/mol. The number of hydrogen-bond donors (Lipinski definition) is 2. The number of hydrogen-bond acceptors (Lipinski definition) is 9. The van der Waals surface area contributed by atoms with Gasteiger partial charge in [-0.1, -0.05) is 6.92 Å². The maximum Gasteiger partial charge on any atom is 0.227 e. The highest BCUT2D eigenvalue weighted by Crippen LogP contribution is 2.33. The number of benzene rings is 1. The van der Waals surface area contributed by atoms with Crippen LogP contribution >= 0.6 is 0 Å². The lowest BCUT2D eigenvalue weighted by atomic mass is 9.86. The van der Waals surface area contributed by atoms with Gasteiger partial charge in [0.25, 0.3) is 0 Å². The summed E-state index contributed by atoms with van der Waals surface area (Å²) >= 11 is 0. The second-order valence-electron chi connectivity index (χ2n) is 9.34. The van der Waals surface area contributed by atoms with Crippen molar-refractivity contribution in [3.8, 4) is 17.1 Å². The van der Waals surface area contributed by atoms with E-state index in [1.807, 2.05) is 49.0 Å². The van der Waals surface area contributed by atoms with E-state index in [0.29, 0.717) is 11.7 Å². The van der Waals surface area contributed by atoms with Crippen LogP contribution in [0.4, 0.5) is 17.5 Å². The Morgan fingerprint density at radius 3 is 2.86 bits per heavy atom. The molecule has 3 aromatic heterocycles. The van der Waals surface area contributed by atoms with E-state index in [0.717, 1.165) is 72.1 Å². The Morgan fingerprint density at radius 2 is 2.11 bits per heavy atom. The van der Waals surface area contributed by atoms with Crippen LogP contribution in [0.5, 0.6) is 5.75 Å². The first-order valence-corrected chi connectivity index (χ1v) is 11.7. The van der Waals surface area contributed by atoms with E-state index >= 15 is 0 Å². The maximum absolute atomic E-state index is 5.62. The fourth-order valence-corrected chi connectivity index (χ4v) is 4.34. The Hall–Kier alpha value is -3.79. The number of ether oxygens (including phenoxy) is 2. The molecule has 0 aliphatic carbocycles. The van der Waals surface area contributed by atoms with Gasteiger partial charge in [0.1, 0.15) is 17.6 Å². The molecule has 1 unspecified atom stereocenters. The highest BCUT2D eigenvalue weighted by molar-refractivity contribution is 5.89. The van der Waals surface area contributed by atoms with Crippen LogP contribution in [0, 0.1) is 12.3 Å². The van der Waals surface area contributed by atoms with Gasteiger partial charge in [0, 0.05) is 43.0 Å². The van der Waals surface area contributed by atoms with E-state index in [1.54, 1.807) is 13.4 Å². The van der Waals surface area contributed by atoms with Gasteiger partial charge in [0.05, 0.1) is 19.4 Å². The number of nitrogens with zero attached hydrogens (tertiary/aromatic N) is 6. The molecule has 1 aromatic carbocycles. The summed E-state index contributed by atoms with van der Waals surface area (Å²) < 4.78 is 13.1. The summed E-state index contributed by atoms with van der Waals surface area (Å²) in [5, 5.41) is 15.8. The lowest BCUT2D eigenvalue weighted by Crippen LogP contribution is -2.21. The summed E-state index contributed by atoms with van der Waals surface area (Å²) in [7, 11) is 3.53. The van der Waals surface area contributed by atoms with Gasteiger partial charge >= 0.3 is 0 Å². The average molecular weight is 475 g/mol. The molecule has 182 valence electrons. The second kappa shape index (κ2) is 9.46. The average Bonchev–Trinajstić information content (AvgIpc) is 3.48. The van der Waals surface area contributed by atoms with Gasteiger partial charge in [-0.3, -0.25) is 0 Å². The van der Waals surface area contributed by atoms with Crippen molar-refractivity contribution in [2.75, 3.05) is 37.5 Å². The summed E-state index contributed by atoms with van der Waals surface area (Å²) in [5.74, 6) is 2.64. The van der Waals surface area contributed by atoms with Crippen molar-refractivity contribution >= 4 is 28.4 Å². The van der Waals surface area contributed by atoms with Crippen LogP contribution in [-0.4, -0.2) is 56.6 Å². The Morgan fingerprint density at radius 1 is 1.23 bits per heavy atom. The molecule has 0 saturated carbocycles. The summed E-state index contributed by atoms with van der Waals surface area (Å²) in [6.45, 7) is 6.70. The molecule has 1 atom stereocenters. The molecule has 10 heteroatoms. The SMILES string of the molecule is COc1cc(-c2nncn2C)ccc1Nc1ncc2cc(C)nc(NCCC3(C)CCOC3)c2n1. The Labute approximate surface area is 204 Å². The number of aryl methyl sites for hydroxylation is 2. The highest BCUT2D eigenvalue weighted by atomic mass is 16.5. The number of anilines is 3. The molecular weight excluding hydrogens is 444 g/mol. The van der Waals surface area contributed by atoms with Gasteiger partial charge in [-0.2, -0.15) is 0 Å². The van der Waals surface area contributed by atoms with Crippen LogP contribution in [0.3, 0.4) is 0 Å². The molecule has 1 aliphatic heterocycles. The van der Waals surface area contributed by atoms with Gasteiger partial charge in [-0.05, 0) is 49.4 Å². The van der Waals surface area contributed by atoms with Gasteiger partial charge in [-0.25, -0.2) is 15.0 Å². The van der Waals surface area contributed by atoms with Crippen LogP contribution in [-0.2, 0) is 11.8 Å². The summed E-state index contributed by atoms with van der Waals surface area (Å²) in [5.41, 5.74) is 3.55. The number of nitrogens with one attached hydrogen (secondary N) is 2. The molecule has 35 heavy (non-hydrogen) atoms. The van der Waals surface area contributed by atoms with Crippen molar-refractivity contribution in [3.63, 3.8) is 0 Å². The van der Waals surface area contributed by atoms with Crippen molar-refractivity contribution in [3.05, 3.63) is 42.5 Å². The molecule has 2 N–H and O–H groups in total. The molecule has 10 nitrogen and oxygen atoms in total. The molecule has 0 amide bonds. The van der Waals surface area contributed by atoms with Crippen LogP contribution in [0.15, 0.2) is 36.8 Å². The van der Waals surface area contributed by atoms with E-state index < -0.39 is 0 Å². The first kappa shape index (κ1) is 23.0. The van der Waals surface area contributed by atoms with E-state index in [2.05, 4.69) is 32.7 Å². The summed E-state index contributed by atoms with van der Waals surface area (Å²) in [6, 6.07) is 7.79. The van der Waals surface area contributed by atoms with Crippen molar-refractivity contribution in [1.82, 2.24) is 29.7 Å². The van der Waals surface area contributed by atoms with Crippen molar-refractivity contribution in [1.29, 1.82) is 0 Å². The van der Waals surface area contributed by atoms with Gasteiger partial charge in [-0.15, -0.1) is 10.2 Å². The Kier molecular flexibility index (Phi) is 6.21. The number of pyridine rings is 1. The van der Waals surface area contributed by atoms with Crippen LogP contribution in [0.25, 0.3) is 22.3 Å². The molecular formula is C25H30N8O2. The standard InChI is InChI=1S/C25H30N8O2/c1-16-11-18-13-27-24(31-21(18)22(29-16)26-9-7-25(2)8-10-35-14-25)30-19-6-5-17(12-20(19)34-4)23-32-28-15-33(23)3/h5-6,11-13,15H,7-10,14H2,1-4H3,(H,26,29)(H,27,30,31). The third-order valence-corrected chi connectivity index (χ3v) is 6.43. The third-order valence-electron chi connectivity index (χ3n) is 6.43. The highest BCUT2D eigenvalue weighted by Gasteiger charge is 2.29. The normalized spacial score (nSPS) is 17.6. The molecule has 0 spiro atoms. The molecule has 0 radical (unpaired) electrons. The minimum atomic E-state index is 0.210. The topological polar surface area (TPSA) is 112 Å². The molecule has 0 bridgehead atoms. The quantitative estimate of drug-likeness (QED) is 0.390. The molecule has 1 saturated heterocycles. The third kappa shape index (κ3) is 4.88. The minimum absolute atomic E-state index is 0.210. The van der Waals surface area contributed by atoms with Gasteiger partial charge < -0.3 is 24.7 Å². The largest absolute Gasteiger partial charge is 0.495 e. The molecule has 4 aromatic rings. The number of fused-ring (bicyclic) bond motifs is 1. The monoisotopic (exact) mass is 474 g/mol. The zero-order valence-corrected chi connectivity index (χ0v) is 20.5. The smallest absolute Gasteiger partial charge is 0.227 e. The van der Waals surface area contributed by atoms with E-state index in [1.165, 1.54) is 0 Å². The molecule has 1 fully saturated rings. The maximum atomic E-state index is 5.62. The Bertz CT molecular complexity index is 1350. The predicted octanol–water partition coefficient (Wildman–Crippen LogP) is 4.11. The summed E-state index contributed by atoms with van der Waals surface area (Å²) in [6.07, 6.45) is 5.58. The fraction of sp³-hybridized carbons (Fsp3) is 0.400. The van der Waals surface area contributed by atoms with Crippen LogP contribution in [0.1, 0.15) is 25.5 Å². The number of methoxy groups -OCH3 is 1. The van der Waals surface area contributed by atoms with E-state index in [4.69, 9.17) is 19.4 Å². The fourth-order valence-electron chi connectivity index (χ4n) is 4.34. The zero-order valence-electron chi connectivity index (χ0n) is 20.5. The van der Waals surface area contributed by atoms with Crippen molar-refractivity contribution in [2.45, 2.75) is 26.7 Å². The first-order chi connectivity index (χ1) is 16.9. The molecule has 4 heterocycles. The lowest BCUT2D eigenvalue weighted by Gasteiger charge is -2.21. The van der Waals surface area contributed by atoms with Crippen molar-refractivity contribution in [2.24, 2.45) is 12.5 Å². The van der Waals surface area contributed by atoms with E-state index in [-0.39, 0.29) is 5.41 Å². The Balaban J connectivity index is 1.39. The van der Waals surface area contributed by atoms with Gasteiger partial charge in [0.15, 0.2) is 11.6 Å². The van der Waals surface area contributed by atoms with Crippen LogP contribution in [0.2, 0.25) is 0 Å². The van der Waals surface area contributed by atoms with E-state index in [9.17, 15) is 0 Å². The minimum Gasteiger partial charge on any atom is -0.495 e. The zero-order chi connectivity index (χ0) is 24.4. The van der Waals surface area contributed by atoms with Crippen LogP contribution < -0.4 is 15.4 Å². The number of rotatable bonds is 8. The second-order valence-corrected chi connectivity index (χ2v) is 9.34. The van der Waals surface area contributed by atoms with Crippen molar-refractivity contribution < 1.29 is 9.47 Å². The van der Waals surface area contributed by atoms with Gasteiger partial charge in [0.2, 0.25) is 5.95 Å². The molecule has 1 aliphatic rings. The number of aromatic nitrogens is 6.